The summed E-state index contributed by atoms with van der Waals surface area (Å²) in [6.45, 7) is 0. The summed E-state index contributed by atoms with van der Waals surface area (Å²) in [7, 11) is 0. The first-order chi connectivity index (χ1) is 3.93. The molecule has 0 atom stereocenters. The molecule has 2 N–H and O–H groups in total. The van der Waals surface area contributed by atoms with Gasteiger partial charge in [0.25, 0.3) is 0 Å². The first-order valence-corrected chi connectivity index (χ1v) is 2.08. The lowest BCUT2D eigenvalue weighted by atomic mass is 10.6. The molecule has 0 saturated heterocycles. The molecule has 42 valence electrons. The van der Waals surface area contributed by atoms with Gasteiger partial charge in [-0.3, -0.25) is 10.7 Å². The average Bonchev–Trinajstić information content (AvgIpc) is 1.90. The van der Waals surface area contributed by atoms with Gasteiger partial charge in [0, 0.05) is 0 Å². The summed E-state index contributed by atoms with van der Waals surface area (Å²) < 4.78 is 0. The molecule has 8 heavy (non-hydrogen) atoms. The van der Waals surface area contributed by atoms with E-state index in [0.717, 1.165) is 0 Å². The van der Waals surface area contributed by atoms with E-state index in [2.05, 4.69) is 9.97 Å². The van der Waals surface area contributed by atoms with E-state index in [0.29, 0.717) is 5.69 Å². The maximum atomic E-state index is 8.21. The molecule has 0 aliphatic carbocycles. The van der Waals surface area contributed by atoms with Crippen LogP contribution in [0.3, 0.4) is 0 Å². The van der Waals surface area contributed by atoms with Crippen molar-refractivity contribution in [3.8, 4) is 0 Å². The summed E-state index contributed by atoms with van der Waals surface area (Å²) in [5, 5.41) is 8.21. The summed E-state index contributed by atoms with van der Waals surface area (Å²) >= 11 is 0. The van der Waals surface area contributed by atoms with Crippen LogP contribution in [0.5, 0.6) is 0 Å². The summed E-state index contributed by atoms with van der Waals surface area (Å²) in [6, 6.07) is 0. The Labute approximate surface area is 46.2 Å². The van der Waals surface area contributed by atoms with Gasteiger partial charge < -0.3 is 0 Å². The number of hydrogen-bond donors (Lipinski definition) is 2. The first kappa shape index (κ1) is 4.99. The van der Waals surface area contributed by atoms with Gasteiger partial charge in [-0.1, -0.05) is 0 Å². The van der Waals surface area contributed by atoms with E-state index in [4.69, 9.17) is 5.21 Å². The Balaban J connectivity index is 2.83. The molecule has 1 aromatic rings. The lowest BCUT2D eigenvalue weighted by molar-refractivity contribution is 0.388. The third kappa shape index (κ3) is 0.913. The zero-order valence-corrected chi connectivity index (χ0v) is 4.07. The van der Waals surface area contributed by atoms with Crippen molar-refractivity contribution in [1.29, 1.82) is 0 Å². The average molecular weight is 111 g/mol. The third-order valence-electron chi connectivity index (χ3n) is 0.690. The van der Waals surface area contributed by atoms with Crippen LogP contribution in [-0.2, 0) is 0 Å². The van der Waals surface area contributed by atoms with E-state index in [1.807, 2.05) is 5.48 Å². The van der Waals surface area contributed by atoms with Crippen LogP contribution in [-0.4, -0.2) is 15.2 Å². The van der Waals surface area contributed by atoms with Gasteiger partial charge in [0.1, 0.15) is 6.33 Å². The Kier molecular flexibility index (Phi) is 1.39. The van der Waals surface area contributed by atoms with Crippen LogP contribution in [0.4, 0.5) is 5.69 Å². The van der Waals surface area contributed by atoms with E-state index in [1.54, 1.807) is 0 Å². The van der Waals surface area contributed by atoms with Crippen molar-refractivity contribution in [2.45, 2.75) is 0 Å². The fourth-order valence-electron chi connectivity index (χ4n) is 0.357. The molecule has 0 fully saturated rings. The molecule has 1 rings (SSSR count). The molecule has 4 nitrogen and oxygen atoms in total. The van der Waals surface area contributed by atoms with Crippen molar-refractivity contribution < 1.29 is 5.21 Å². The van der Waals surface area contributed by atoms with Crippen LogP contribution >= 0.6 is 0 Å². The van der Waals surface area contributed by atoms with Gasteiger partial charge in [0.05, 0.1) is 18.1 Å². The van der Waals surface area contributed by atoms with E-state index in [-0.39, 0.29) is 0 Å². The van der Waals surface area contributed by atoms with Crippen molar-refractivity contribution in [2.24, 2.45) is 0 Å². The van der Waals surface area contributed by atoms with Crippen molar-refractivity contribution in [3.05, 3.63) is 18.7 Å². The molecule has 0 aromatic carbocycles. The van der Waals surface area contributed by atoms with E-state index in [9.17, 15) is 0 Å². The van der Waals surface area contributed by atoms with Gasteiger partial charge in [-0.25, -0.2) is 9.97 Å². The highest BCUT2D eigenvalue weighted by molar-refractivity contribution is 5.33. The maximum absolute atomic E-state index is 8.21. The number of nitrogens with one attached hydrogen (secondary N) is 1. The fourth-order valence-corrected chi connectivity index (χ4v) is 0.357. The molecule has 1 aromatic heterocycles. The van der Waals surface area contributed by atoms with Gasteiger partial charge in [0.2, 0.25) is 0 Å². The normalized spacial score (nSPS) is 8.62. The second-order valence-corrected chi connectivity index (χ2v) is 1.24. The van der Waals surface area contributed by atoms with Crippen molar-refractivity contribution in [1.82, 2.24) is 9.97 Å². The fraction of sp³-hybridized carbons (Fsp3) is 0. The van der Waals surface area contributed by atoms with Gasteiger partial charge in [-0.2, -0.15) is 0 Å². The Morgan fingerprint density at radius 3 is 2.38 bits per heavy atom. The Bertz CT molecular complexity index is 153. The molecule has 0 aliphatic rings. The van der Waals surface area contributed by atoms with Crippen molar-refractivity contribution in [2.75, 3.05) is 5.48 Å². The van der Waals surface area contributed by atoms with Gasteiger partial charge >= 0.3 is 0 Å². The van der Waals surface area contributed by atoms with Gasteiger partial charge in [-0.15, -0.1) is 0 Å². The molecule has 0 bridgehead atoms. The zero-order valence-electron chi connectivity index (χ0n) is 4.07. The maximum Gasteiger partial charge on any atom is 0.115 e. The lowest BCUT2D eigenvalue weighted by Gasteiger charge is -1.91. The number of rotatable bonds is 1. The summed E-state index contributed by atoms with van der Waals surface area (Å²) in [5.74, 6) is 0. The Morgan fingerprint density at radius 1 is 1.38 bits per heavy atom. The predicted octanol–water partition coefficient (Wildman–Crippen LogP) is 0.278. The molecular weight excluding hydrogens is 106 g/mol. The van der Waals surface area contributed by atoms with Gasteiger partial charge in [-0.05, 0) is 0 Å². The van der Waals surface area contributed by atoms with Crippen molar-refractivity contribution >= 4 is 5.69 Å². The summed E-state index contributed by atoms with van der Waals surface area (Å²) in [4.78, 5) is 7.24. The second-order valence-electron chi connectivity index (χ2n) is 1.24. The monoisotopic (exact) mass is 111 g/mol. The molecule has 0 unspecified atom stereocenters. The molecular formula is C4H5N3O. The highest BCUT2D eigenvalue weighted by Crippen LogP contribution is 1.95. The Morgan fingerprint density at radius 2 is 2.00 bits per heavy atom. The van der Waals surface area contributed by atoms with Crippen molar-refractivity contribution in [3.63, 3.8) is 0 Å². The molecule has 0 aliphatic heterocycles. The highest BCUT2D eigenvalue weighted by Gasteiger charge is 1.81. The zero-order chi connectivity index (χ0) is 5.82. The minimum absolute atomic E-state index is 0.493. The van der Waals surface area contributed by atoms with Gasteiger partial charge in [0.15, 0.2) is 0 Å². The summed E-state index contributed by atoms with van der Waals surface area (Å²) in [6.07, 6.45) is 4.32. The smallest absolute Gasteiger partial charge is 0.115 e. The van der Waals surface area contributed by atoms with Crippen LogP contribution in [0.25, 0.3) is 0 Å². The first-order valence-electron chi connectivity index (χ1n) is 2.08. The van der Waals surface area contributed by atoms with Crippen LogP contribution in [0.15, 0.2) is 18.7 Å². The van der Waals surface area contributed by atoms with Crippen LogP contribution in [0.2, 0.25) is 0 Å². The molecule has 0 saturated carbocycles. The predicted molar refractivity (Wildman–Crippen MR) is 27.4 cm³/mol. The number of hydrogen-bond acceptors (Lipinski definition) is 4. The third-order valence-corrected chi connectivity index (χ3v) is 0.690. The standard InChI is InChI=1S/C4H5N3O/c8-7-4-1-5-3-6-2-4/h1-3,7-8H. The largest absolute Gasteiger partial charge is 0.291 e. The topological polar surface area (TPSA) is 58.0 Å². The van der Waals surface area contributed by atoms with E-state index >= 15 is 0 Å². The van der Waals surface area contributed by atoms with Crippen LogP contribution in [0, 0.1) is 0 Å². The number of nitrogens with zero attached hydrogens (tertiary/aromatic N) is 2. The lowest BCUT2D eigenvalue weighted by Crippen LogP contribution is -1.89. The molecule has 1 heterocycles. The highest BCUT2D eigenvalue weighted by atomic mass is 16.5. The SMILES string of the molecule is ONc1cncnc1. The Hall–Kier alpha value is -1.16. The van der Waals surface area contributed by atoms with Crippen LogP contribution < -0.4 is 5.48 Å². The quantitative estimate of drug-likeness (QED) is 0.511. The molecule has 0 spiro atoms. The minimum atomic E-state index is 0.493. The second kappa shape index (κ2) is 2.23. The number of anilines is 1. The molecule has 4 heteroatoms. The van der Waals surface area contributed by atoms with E-state index < -0.39 is 0 Å². The minimum Gasteiger partial charge on any atom is -0.291 e. The summed E-state index contributed by atoms with van der Waals surface area (Å²) in [5.41, 5.74) is 2.40. The molecule has 0 radical (unpaired) electrons. The van der Waals surface area contributed by atoms with E-state index in [1.165, 1.54) is 18.7 Å². The van der Waals surface area contributed by atoms with Crippen LogP contribution in [0.1, 0.15) is 0 Å². The molecule has 0 amide bonds. The number of aromatic nitrogens is 2.